The van der Waals surface area contributed by atoms with Crippen LogP contribution >= 0.6 is 0 Å². The summed E-state index contributed by atoms with van der Waals surface area (Å²) in [5, 5.41) is 9.88. The number of aromatic nitrogens is 1. The van der Waals surface area contributed by atoms with Crippen LogP contribution in [-0.2, 0) is 6.42 Å². The average molecular weight is 268 g/mol. The van der Waals surface area contributed by atoms with Crippen LogP contribution in [0.25, 0.3) is 0 Å². The minimum Gasteiger partial charge on any atom is -0.398 e. The zero-order chi connectivity index (χ0) is 14.0. The van der Waals surface area contributed by atoms with Crippen LogP contribution in [0.3, 0.4) is 0 Å². The van der Waals surface area contributed by atoms with Crippen LogP contribution in [-0.4, -0.2) is 10.1 Å². The molecule has 0 aliphatic heterocycles. The van der Waals surface area contributed by atoms with Gasteiger partial charge in [0.05, 0.1) is 6.10 Å². The summed E-state index contributed by atoms with van der Waals surface area (Å²) in [6.07, 6.45) is 1.53. The van der Waals surface area contributed by atoms with E-state index in [1.54, 1.807) is 0 Å². The van der Waals surface area contributed by atoms with Gasteiger partial charge in [-0.1, -0.05) is 6.07 Å². The van der Waals surface area contributed by atoms with Gasteiger partial charge in [-0.05, 0) is 17.7 Å². The fourth-order valence-electron chi connectivity index (χ4n) is 1.72. The number of halogens is 3. The lowest BCUT2D eigenvalue weighted by atomic mass is 10.0. The molecule has 1 unspecified atom stereocenters. The molecule has 19 heavy (non-hydrogen) atoms. The molecule has 0 radical (unpaired) electrons. The monoisotopic (exact) mass is 268 g/mol. The Kier molecular flexibility index (Phi) is 3.71. The standard InChI is InChI=1S/C13H11F3N2O/c14-9-2-1-8(12(15)13(9)16)11(19)5-7-6-18-4-3-10(7)17/h1-4,6,11,19H,5H2,(H2,17,18). The van der Waals surface area contributed by atoms with Crippen molar-refractivity contribution >= 4 is 5.69 Å². The molecule has 1 heterocycles. The maximum atomic E-state index is 13.5. The lowest BCUT2D eigenvalue weighted by Gasteiger charge is -2.13. The molecule has 0 fully saturated rings. The highest BCUT2D eigenvalue weighted by atomic mass is 19.2. The highest BCUT2D eigenvalue weighted by Gasteiger charge is 2.20. The number of aliphatic hydroxyl groups excluding tert-OH is 1. The van der Waals surface area contributed by atoms with Crippen molar-refractivity contribution in [3.63, 3.8) is 0 Å². The molecule has 3 nitrogen and oxygen atoms in total. The van der Waals surface area contributed by atoms with E-state index in [1.165, 1.54) is 18.5 Å². The Hall–Kier alpha value is -2.08. The molecule has 6 heteroatoms. The van der Waals surface area contributed by atoms with E-state index in [2.05, 4.69) is 4.98 Å². The predicted molar refractivity (Wildman–Crippen MR) is 63.6 cm³/mol. The molecule has 0 spiro atoms. The maximum absolute atomic E-state index is 13.5. The molecule has 3 N–H and O–H groups in total. The number of rotatable bonds is 3. The van der Waals surface area contributed by atoms with Gasteiger partial charge in [-0.25, -0.2) is 13.2 Å². The number of hydrogen-bond acceptors (Lipinski definition) is 3. The van der Waals surface area contributed by atoms with Crippen molar-refractivity contribution in [2.45, 2.75) is 12.5 Å². The van der Waals surface area contributed by atoms with Crippen molar-refractivity contribution in [1.29, 1.82) is 0 Å². The number of aliphatic hydroxyl groups is 1. The summed E-state index contributed by atoms with van der Waals surface area (Å²) in [5.41, 5.74) is 6.23. The molecule has 1 aromatic carbocycles. The summed E-state index contributed by atoms with van der Waals surface area (Å²) in [4.78, 5) is 3.83. The van der Waals surface area contributed by atoms with Crippen LogP contribution in [0.15, 0.2) is 30.6 Å². The van der Waals surface area contributed by atoms with Gasteiger partial charge in [-0.2, -0.15) is 0 Å². The second-order valence-corrected chi connectivity index (χ2v) is 4.06. The highest BCUT2D eigenvalue weighted by Crippen LogP contribution is 2.25. The van der Waals surface area contributed by atoms with E-state index in [1.807, 2.05) is 0 Å². The average Bonchev–Trinajstić information content (AvgIpc) is 2.39. The maximum Gasteiger partial charge on any atom is 0.194 e. The van der Waals surface area contributed by atoms with E-state index in [-0.39, 0.29) is 12.0 Å². The summed E-state index contributed by atoms with van der Waals surface area (Å²) in [6.45, 7) is 0. The van der Waals surface area contributed by atoms with Crippen LogP contribution in [0.1, 0.15) is 17.2 Å². The minimum atomic E-state index is -1.60. The Balaban J connectivity index is 2.28. The molecule has 0 bridgehead atoms. The fourth-order valence-corrected chi connectivity index (χ4v) is 1.72. The SMILES string of the molecule is Nc1ccncc1CC(O)c1ccc(F)c(F)c1F. The Morgan fingerprint density at radius 1 is 1.16 bits per heavy atom. The van der Waals surface area contributed by atoms with Crippen molar-refractivity contribution in [2.24, 2.45) is 0 Å². The van der Waals surface area contributed by atoms with Crippen molar-refractivity contribution in [3.8, 4) is 0 Å². The first-order valence-electron chi connectivity index (χ1n) is 5.50. The summed E-state index contributed by atoms with van der Waals surface area (Å²) >= 11 is 0. The first kappa shape index (κ1) is 13.4. The molecule has 2 rings (SSSR count). The quantitative estimate of drug-likeness (QED) is 0.840. The zero-order valence-corrected chi connectivity index (χ0v) is 9.78. The fraction of sp³-hybridized carbons (Fsp3) is 0.154. The minimum absolute atomic E-state index is 0.0400. The van der Waals surface area contributed by atoms with Crippen LogP contribution in [0.4, 0.5) is 18.9 Å². The Labute approximate surface area is 107 Å². The number of nitrogens with two attached hydrogens (primary N) is 1. The van der Waals surface area contributed by atoms with Gasteiger partial charge in [-0.3, -0.25) is 4.98 Å². The second kappa shape index (κ2) is 5.27. The van der Waals surface area contributed by atoms with Crippen LogP contribution < -0.4 is 5.73 Å². The number of pyridine rings is 1. The van der Waals surface area contributed by atoms with Crippen LogP contribution in [0.5, 0.6) is 0 Å². The Morgan fingerprint density at radius 2 is 1.89 bits per heavy atom. The van der Waals surface area contributed by atoms with Gasteiger partial charge in [0.15, 0.2) is 17.5 Å². The van der Waals surface area contributed by atoms with Crippen LogP contribution in [0, 0.1) is 17.5 Å². The molecule has 0 aliphatic rings. The van der Waals surface area contributed by atoms with E-state index in [9.17, 15) is 18.3 Å². The molecule has 0 amide bonds. The molecule has 0 saturated heterocycles. The van der Waals surface area contributed by atoms with E-state index in [0.717, 1.165) is 12.1 Å². The predicted octanol–water partition coefficient (Wildman–Crippen LogP) is 2.36. The van der Waals surface area contributed by atoms with Gasteiger partial charge in [0.2, 0.25) is 0 Å². The smallest absolute Gasteiger partial charge is 0.194 e. The third-order valence-corrected chi connectivity index (χ3v) is 2.78. The summed E-state index contributed by atoms with van der Waals surface area (Å²) in [5.74, 6) is -4.29. The Bertz CT molecular complexity index is 604. The van der Waals surface area contributed by atoms with Gasteiger partial charge in [-0.15, -0.1) is 0 Å². The lowest BCUT2D eigenvalue weighted by molar-refractivity contribution is 0.172. The Morgan fingerprint density at radius 3 is 2.58 bits per heavy atom. The zero-order valence-electron chi connectivity index (χ0n) is 9.78. The normalized spacial score (nSPS) is 12.4. The molecule has 100 valence electrons. The van der Waals surface area contributed by atoms with Gasteiger partial charge in [0.25, 0.3) is 0 Å². The first-order chi connectivity index (χ1) is 9.00. The van der Waals surface area contributed by atoms with Gasteiger partial charge >= 0.3 is 0 Å². The van der Waals surface area contributed by atoms with Gasteiger partial charge in [0.1, 0.15) is 0 Å². The molecule has 1 aromatic heterocycles. The third kappa shape index (κ3) is 2.68. The molecule has 0 saturated carbocycles. The van der Waals surface area contributed by atoms with Gasteiger partial charge in [0, 0.05) is 30.1 Å². The second-order valence-electron chi connectivity index (χ2n) is 4.06. The van der Waals surface area contributed by atoms with E-state index in [4.69, 9.17) is 5.73 Å². The highest BCUT2D eigenvalue weighted by molar-refractivity contribution is 5.45. The van der Waals surface area contributed by atoms with E-state index in [0.29, 0.717) is 11.3 Å². The number of anilines is 1. The lowest BCUT2D eigenvalue weighted by Crippen LogP contribution is -2.08. The van der Waals surface area contributed by atoms with Crippen LogP contribution in [0.2, 0.25) is 0 Å². The van der Waals surface area contributed by atoms with Crippen molar-refractivity contribution in [3.05, 3.63) is 59.2 Å². The van der Waals surface area contributed by atoms with Gasteiger partial charge < -0.3 is 10.8 Å². The summed E-state index contributed by atoms with van der Waals surface area (Å²) < 4.78 is 39.4. The number of hydrogen-bond donors (Lipinski definition) is 2. The van der Waals surface area contributed by atoms with E-state index < -0.39 is 23.6 Å². The van der Waals surface area contributed by atoms with Crippen molar-refractivity contribution in [2.75, 3.05) is 5.73 Å². The molecular formula is C13H11F3N2O. The summed E-state index contributed by atoms with van der Waals surface area (Å²) in [6, 6.07) is 3.30. The number of benzene rings is 1. The van der Waals surface area contributed by atoms with Crippen molar-refractivity contribution < 1.29 is 18.3 Å². The number of nitrogens with zero attached hydrogens (tertiary/aromatic N) is 1. The van der Waals surface area contributed by atoms with Crippen molar-refractivity contribution in [1.82, 2.24) is 4.98 Å². The largest absolute Gasteiger partial charge is 0.398 e. The molecule has 2 aromatic rings. The molecule has 0 aliphatic carbocycles. The summed E-state index contributed by atoms with van der Waals surface area (Å²) in [7, 11) is 0. The third-order valence-electron chi connectivity index (χ3n) is 2.78. The number of nitrogen functional groups attached to an aromatic ring is 1. The first-order valence-corrected chi connectivity index (χ1v) is 5.50. The molecule has 1 atom stereocenters. The molecular weight excluding hydrogens is 257 g/mol. The topological polar surface area (TPSA) is 59.1 Å². The van der Waals surface area contributed by atoms with E-state index >= 15 is 0 Å².